The minimum Gasteiger partial charge on any atom is -0.412 e. The molecule has 288 valence electrons. The van der Waals surface area contributed by atoms with E-state index in [0.717, 1.165) is 11.8 Å². The van der Waals surface area contributed by atoms with Crippen molar-refractivity contribution in [2.24, 2.45) is 5.92 Å². The highest BCUT2D eigenvalue weighted by Crippen LogP contribution is 2.31. The van der Waals surface area contributed by atoms with Crippen molar-refractivity contribution in [1.29, 1.82) is 0 Å². The van der Waals surface area contributed by atoms with Crippen molar-refractivity contribution < 1.29 is 69.1 Å². The topological polar surface area (TPSA) is 180 Å². The maximum absolute atomic E-state index is 11.9. The first-order valence-electron chi connectivity index (χ1n) is 16.3. The van der Waals surface area contributed by atoms with Crippen LogP contribution in [0.2, 0.25) is 24.7 Å². The number of carbonyl (C=O) groups excluding carboxylic acids is 2. The first kappa shape index (κ1) is 46.4. The Bertz CT molecular complexity index is 883. The standard InChI is InChI=1S/C29H59NO14Si4.H2O/c1-10-46-42-27(21-40-13-11-15-47(34-3,35-4)36-5)17-30(19-29(44-46)26(20-33-2)23-45(9,24-31)25-32)18-28(43-46)22-41-14-12-16-48(37-6,38-7)39-8;/h10,24-29H,1,11-23H2,2-9H3;1H2. The molecule has 0 aliphatic carbocycles. The van der Waals surface area contributed by atoms with Gasteiger partial charge in [0, 0.05) is 101 Å². The van der Waals surface area contributed by atoms with Crippen LogP contribution in [0.4, 0.5) is 0 Å². The zero-order valence-corrected chi connectivity index (χ0v) is 34.6. The van der Waals surface area contributed by atoms with Crippen LogP contribution >= 0.6 is 0 Å². The average Bonchev–Trinajstić information content (AvgIpc) is 3.09. The van der Waals surface area contributed by atoms with Gasteiger partial charge in [0.05, 0.1) is 38.1 Å². The summed E-state index contributed by atoms with van der Waals surface area (Å²) in [7, 11) is -0.612. The Hall–Kier alpha value is -0.612. The number of methoxy groups -OCH3 is 1. The van der Waals surface area contributed by atoms with E-state index < -0.39 is 40.6 Å². The third-order valence-electron chi connectivity index (χ3n) is 8.75. The molecule has 4 unspecified atom stereocenters. The molecule has 0 amide bonds. The van der Waals surface area contributed by atoms with Crippen molar-refractivity contribution >= 4 is 46.3 Å². The summed E-state index contributed by atoms with van der Waals surface area (Å²) in [6, 6.07) is 1.62. The van der Waals surface area contributed by atoms with Crippen LogP contribution in [0, 0.1) is 5.92 Å². The monoisotopic (exact) mass is 775 g/mol. The van der Waals surface area contributed by atoms with Crippen LogP contribution in [0.3, 0.4) is 0 Å². The number of fused-ring (bicyclic) bond motifs is 6. The fourth-order valence-corrected chi connectivity index (χ4v) is 13.5. The van der Waals surface area contributed by atoms with Crippen LogP contribution in [-0.2, 0) is 63.6 Å². The van der Waals surface area contributed by atoms with Crippen LogP contribution in [0.15, 0.2) is 12.3 Å². The third-order valence-corrected chi connectivity index (χ3v) is 19.4. The molecule has 3 aliphatic heterocycles. The van der Waals surface area contributed by atoms with Gasteiger partial charge in [-0.25, -0.2) is 0 Å². The SMILES string of the molecule is C=C[Si]12OC(COCCC[Si](OC)(OC)OC)CN(CC(COCCC[Si](OC)(OC)OC)O1)CC(C(COC)C[Si](C)(C=O)C=O)O2.O. The van der Waals surface area contributed by atoms with Crippen LogP contribution < -0.4 is 0 Å². The Morgan fingerprint density at radius 1 is 0.776 bits per heavy atom. The van der Waals surface area contributed by atoms with Gasteiger partial charge in [0.25, 0.3) is 0 Å². The van der Waals surface area contributed by atoms with E-state index >= 15 is 0 Å². The first-order valence-corrected chi connectivity index (χ1v) is 24.8. The quantitative estimate of drug-likeness (QED) is 0.0683. The van der Waals surface area contributed by atoms with Gasteiger partial charge in [0.15, 0.2) is 8.07 Å². The van der Waals surface area contributed by atoms with Gasteiger partial charge in [0.2, 0.25) is 0 Å². The molecule has 0 saturated carbocycles. The second kappa shape index (κ2) is 23.1. The van der Waals surface area contributed by atoms with Gasteiger partial charge >= 0.3 is 26.4 Å². The second-order valence-corrected chi connectivity index (χ2v) is 24.7. The van der Waals surface area contributed by atoms with E-state index in [0.29, 0.717) is 83.6 Å². The summed E-state index contributed by atoms with van der Waals surface area (Å²) in [5.41, 5.74) is 1.65. The molecule has 20 heteroatoms. The smallest absolute Gasteiger partial charge is 0.412 e. The van der Waals surface area contributed by atoms with Crippen LogP contribution in [0.25, 0.3) is 0 Å². The first-order chi connectivity index (χ1) is 23.0. The summed E-state index contributed by atoms with van der Waals surface area (Å²) >= 11 is 0. The highest BCUT2D eigenvalue weighted by atomic mass is 28.4. The number of ether oxygens (including phenoxy) is 3. The Balaban J connectivity index is 0.0000120. The maximum Gasteiger partial charge on any atom is 0.530 e. The molecular weight excluding hydrogens is 715 g/mol. The van der Waals surface area contributed by atoms with Gasteiger partial charge in [-0.1, -0.05) is 13.1 Å². The van der Waals surface area contributed by atoms with E-state index in [-0.39, 0.29) is 23.6 Å². The molecule has 0 aromatic rings. The molecular formula is C29H61NO15Si4. The number of hydrogen-bond acceptors (Lipinski definition) is 15. The van der Waals surface area contributed by atoms with E-state index in [9.17, 15) is 9.59 Å². The zero-order chi connectivity index (χ0) is 35.7. The largest absolute Gasteiger partial charge is 0.530 e. The normalized spacial score (nSPS) is 25.5. The average molecular weight is 776 g/mol. The number of rotatable bonds is 26. The molecule has 3 rings (SSSR count). The van der Waals surface area contributed by atoms with Crippen molar-refractivity contribution in [1.82, 2.24) is 4.90 Å². The highest BCUT2D eigenvalue weighted by Gasteiger charge is 2.51. The van der Waals surface area contributed by atoms with E-state index in [1.165, 1.54) is 0 Å². The Morgan fingerprint density at radius 3 is 1.59 bits per heavy atom. The minimum atomic E-state index is -3.56. The molecule has 4 atom stereocenters. The number of carbonyl (C=O) groups is 2. The predicted octanol–water partition coefficient (Wildman–Crippen LogP) is 0.765. The van der Waals surface area contributed by atoms with Gasteiger partial charge in [-0.3, -0.25) is 4.90 Å². The van der Waals surface area contributed by atoms with E-state index in [4.69, 9.17) is 54.0 Å². The molecule has 3 saturated heterocycles. The van der Waals surface area contributed by atoms with Gasteiger partial charge in [0.1, 0.15) is 11.8 Å². The Kier molecular flexibility index (Phi) is 21.9. The molecule has 0 aromatic heterocycles. The zero-order valence-electron chi connectivity index (χ0n) is 30.6. The summed E-state index contributed by atoms with van der Waals surface area (Å²) in [6.45, 7) is 9.33. The second-order valence-electron chi connectivity index (χ2n) is 12.3. The van der Waals surface area contributed by atoms with Crippen LogP contribution in [0.5, 0.6) is 0 Å². The molecule has 2 N–H and O–H groups in total. The van der Waals surface area contributed by atoms with Crippen LogP contribution in [-0.4, -0.2) is 177 Å². The summed E-state index contributed by atoms with van der Waals surface area (Å²) in [6.07, 6.45) is 0.248. The van der Waals surface area contributed by atoms with Gasteiger partial charge in [-0.05, 0) is 24.6 Å². The number of hydrogen-bond donors (Lipinski definition) is 0. The fourth-order valence-electron chi connectivity index (χ4n) is 6.01. The van der Waals surface area contributed by atoms with E-state index in [2.05, 4.69) is 11.5 Å². The highest BCUT2D eigenvalue weighted by molar-refractivity contribution is 7.17. The molecule has 3 fully saturated rings. The third kappa shape index (κ3) is 14.0. The molecule has 0 aromatic carbocycles. The summed E-state index contributed by atoms with van der Waals surface area (Å²) in [5, 5.41) is 0. The van der Waals surface area contributed by atoms with Gasteiger partial charge in [-0.2, -0.15) is 0 Å². The lowest BCUT2D eigenvalue weighted by Gasteiger charge is -2.47. The summed E-state index contributed by atoms with van der Waals surface area (Å²) in [4.78, 5) is 26.1. The molecule has 3 aliphatic rings. The summed E-state index contributed by atoms with van der Waals surface area (Å²) < 4.78 is 70.9. The van der Waals surface area contributed by atoms with Crippen molar-refractivity contribution in [2.45, 2.75) is 55.8 Å². The molecule has 0 spiro atoms. The van der Waals surface area contributed by atoms with E-state index in [1.807, 2.05) is 0 Å². The molecule has 3 heterocycles. The Morgan fingerprint density at radius 2 is 1.22 bits per heavy atom. The molecule has 49 heavy (non-hydrogen) atoms. The van der Waals surface area contributed by atoms with Crippen LogP contribution in [0.1, 0.15) is 12.8 Å². The summed E-state index contributed by atoms with van der Waals surface area (Å²) in [5.74, 6) is 1.40. The van der Waals surface area contributed by atoms with Gasteiger partial charge < -0.3 is 69.1 Å². The fraction of sp³-hybridized carbons (Fsp3) is 0.862. The number of nitrogens with zero attached hydrogens (tertiary/aromatic N) is 1. The minimum absolute atomic E-state index is 0. The predicted molar refractivity (Wildman–Crippen MR) is 190 cm³/mol. The van der Waals surface area contributed by atoms with Crippen molar-refractivity contribution in [3.63, 3.8) is 0 Å². The lowest BCUT2D eigenvalue weighted by molar-refractivity contribution is -0.121. The lowest BCUT2D eigenvalue weighted by Crippen LogP contribution is -2.64. The maximum atomic E-state index is 11.9. The lowest BCUT2D eigenvalue weighted by atomic mass is 10.0. The van der Waals surface area contributed by atoms with E-state index in [1.54, 1.807) is 62.0 Å². The van der Waals surface area contributed by atoms with Gasteiger partial charge in [-0.15, -0.1) is 0 Å². The molecule has 0 radical (unpaired) electrons. The van der Waals surface area contributed by atoms with Crippen molar-refractivity contribution in [2.75, 3.05) is 102 Å². The van der Waals surface area contributed by atoms with Crippen molar-refractivity contribution in [3.8, 4) is 0 Å². The van der Waals surface area contributed by atoms with Crippen molar-refractivity contribution in [3.05, 3.63) is 12.3 Å². The Labute approximate surface area is 296 Å². The molecule has 16 nitrogen and oxygen atoms in total. The molecule has 2 bridgehead atoms.